The highest BCUT2D eigenvalue weighted by molar-refractivity contribution is 7.27. The molecule has 1 aliphatic rings. The molecule has 3 heterocycles. The van der Waals surface area contributed by atoms with Gasteiger partial charge < -0.3 is 15.5 Å². The lowest BCUT2D eigenvalue weighted by molar-refractivity contribution is -0.134. The van der Waals surface area contributed by atoms with Crippen molar-refractivity contribution in [1.29, 1.82) is 0 Å². The maximum absolute atomic E-state index is 12.7. The zero-order valence-corrected chi connectivity index (χ0v) is 16.5. The topological polar surface area (TPSA) is 66.6 Å². The summed E-state index contributed by atoms with van der Waals surface area (Å²) in [5.74, 6) is 0.0201. The molecule has 27 heavy (non-hydrogen) atoms. The van der Waals surface area contributed by atoms with E-state index < -0.39 is 6.04 Å². The summed E-state index contributed by atoms with van der Waals surface area (Å²) in [4.78, 5) is 29.8. The standard InChI is InChI=1S/C20H21N3O2S2/c21-15(12-14-4-2-1-3-5-14)19(24)22-7-9-23(10-8-22)20(25)18-13-17-16(27-18)6-11-26-17/h1-6,11,13,15H,7-10,12,21H2/t15-/m0/s1. The van der Waals surface area contributed by atoms with Gasteiger partial charge in [-0.1, -0.05) is 30.3 Å². The van der Waals surface area contributed by atoms with Gasteiger partial charge in [0.1, 0.15) is 0 Å². The molecule has 0 saturated carbocycles. The Hall–Kier alpha value is -2.22. The van der Waals surface area contributed by atoms with Crippen LogP contribution in [0.4, 0.5) is 0 Å². The van der Waals surface area contributed by atoms with Crippen LogP contribution in [0, 0.1) is 0 Å². The number of hydrogen-bond acceptors (Lipinski definition) is 5. The van der Waals surface area contributed by atoms with Gasteiger partial charge in [0.15, 0.2) is 0 Å². The number of nitrogens with zero attached hydrogens (tertiary/aromatic N) is 2. The van der Waals surface area contributed by atoms with Crippen molar-refractivity contribution in [1.82, 2.24) is 9.80 Å². The summed E-state index contributed by atoms with van der Waals surface area (Å²) in [5, 5.41) is 2.04. The lowest BCUT2D eigenvalue weighted by atomic mass is 10.1. The third-order valence-corrected chi connectivity index (χ3v) is 6.93. The zero-order chi connectivity index (χ0) is 18.8. The van der Waals surface area contributed by atoms with Crippen molar-refractivity contribution >= 4 is 43.9 Å². The Labute approximate surface area is 166 Å². The van der Waals surface area contributed by atoms with Crippen LogP contribution in [0.15, 0.2) is 47.8 Å². The summed E-state index contributed by atoms with van der Waals surface area (Å²) in [5.41, 5.74) is 7.19. The van der Waals surface area contributed by atoms with Gasteiger partial charge in [0, 0.05) is 35.6 Å². The molecule has 0 aliphatic carbocycles. The van der Waals surface area contributed by atoms with Crippen molar-refractivity contribution in [2.75, 3.05) is 26.2 Å². The largest absolute Gasteiger partial charge is 0.338 e. The summed E-state index contributed by atoms with van der Waals surface area (Å²) >= 11 is 3.19. The molecule has 1 aromatic carbocycles. The summed E-state index contributed by atoms with van der Waals surface area (Å²) < 4.78 is 2.31. The number of fused-ring (bicyclic) bond motifs is 1. The SMILES string of the molecule is N[C@@H](Cc1ccccc1)C(=O)N1CCN(C(=O)c2cc3sccc3s2)CC1. The predicted molar refractivity (Wildman–Crippen MR) is 110 cm³/mol. The molecule has 140 valence electrons. The molecular formula is C20H21N3O2S2. The number of hydrogen-bond donors (Lipinski definition) is 1. The molecule has 1 atom stereocenters. The van der Waals surface area contributed by atoms with Gasteiger partial charge in [-0.05, 0) is 29.5 Å². The summed E-state index contributed by atoms with van der Waals surface area (Å²) in [7, 11) is 0. The van der Waals surface area contributed by atoms with Crippen molar-refractivity contribution in [3.05, 3.63) is 58.3 Å². The van der Waals surface area contributed by atoms with Gasteiger partial charge in [-0.15, -0.1) is 22.7 Å². The van der Waals surface area contributed by atoms with E-state index in [9.17, 15) is 9.59 Å². The smallest absolute Gasteiger partial charge is 0.264 e. The van der Waals surface area contributed by atoms with E-state index in [0.717, 1.165) is 19.8 Å². The molecule has 0 unspecified atom stereocenters. The fourth-order valence-electron chi connectivity index (χ4n) is 3.35. The molecule has 0 spiro atoms. The molecule has 5 nitrogen and oxygen atoms in total. The average molecular weight is 400 g/mol. The zero-order valence-electron chi connectivity index (χ0n) is 14.8. The van der Waals surface area contributed by atoms with Crippen LogP contribution in [0.1, 0.15) is 15.2 Å². The number of benzene rings is 1. The number of piperazine rings is 1. The molecule has 1 aliphatic heterocycles. The first-order chi connectivity index (χ1) is 13.1. The minimum Gasteiger partial charge on any atom is -0.338 e. The van der Waals surface area contributed by atoms with E-state index in [2.05, 4.69) is 0 Å². The van der Waals surface area contributed by atoms with Crippen molar-refractivity contribution in [3.63, 3.8) is 0 Å². The average Bonchev–Trinajstić information content (AvgIpc) is 3.30. The molecule has 0 bridgehead atoms. The maximum Gasteiger partial charge on any atom is 0.264 e. The Morgan fingerprint density at radius 1 is 1.00 bits per heavy atom. The Bertz CT molecular complexity index is 914. The molecule has 2 N–H and O–H groups in total. The van der Waals surface area contributed by atoms with Crippen LogP contribution in [-0.2, 0) is 11.2 Å². The van der Waals surface area contributed by atoms with Crippen molar-refractivity contribution in [2.24, 2.45) is 5.73 Å². The summed E-state index contributed by atoms with van der Waals surface area (Å²) in [6, 6.07) is 13.3. The molecule has 1 saturated heterocycles. The molecule has 7 heteroatoms. The number of rotatable bonds is 4. The number of thiophene rings is 2. The number of carbonyl (C=O) groups is 2. The Balaban J connectivity index is 1.33. The second-order valence-electron chi connectivity index (χ2n) is 6.67. The first-order valence-corrected chi connectivity index (χ1v) is 10.7. The quantitative estimate of drug-likeness (QED) is 0.734. The summed E-state index contributed by atoms with van der Waals surface area (Å²) in [6.07, 6.45) is 0.532. The highest BCUT2D eigenvalue weighted by atomic mass is 32.1. The van der Waals surface area contributed by atoms with Gasteiger partial charge in [0.05, 0.1) is 10.9 Å². The molecule has 3 aromatic rings. The summed E-state index contributed by atoms with van der Waals surface area (Å²) in [6.45, 7) is 2.17. The Kier molecular flexibility index (Phi) is 5.24. The second kappa shape index (κ2) is 7.80. The van der Waals surface area contributed by atoms with E-state index in [-0.39, 0.29) is 11.8 Å². The fraction of sp³-hybridized carbons (Fsp3) is 0.300. The lowest BCUT2D eigenvalue weighted by Gasteiger charge is -2.35. The fourth-order valence-corrected chi connectivity index (χ4v) is 5.42. The third kappa shape index (κ3) is 3.90. The Morgan fingerprint density at radius 2 is 1.70 bits per heavy atom. The maximum atomic E-state index is 12.7. The molecule has 2 amide bonds. The number of nitrogens with two attached hydrogens (primary N) is 1. The van der Waals surface area contributed by atoms with Gasteiger partial charge in [-0.2, -0.15) is 0 Å². The van der Waals surface area contributed by atoms with Crippen LogP contribution in [-0.4, -0.2) is 53.8 Å². The van der Waals surface area contributed by atoms with Crippen LogP contribution in [0.2, 0.25) is 0 Å². The van der Waals surface area contributed by atoms with Gasteiger partial charge in [0.2, 0.25) is 5.91 Å². The van der Waals surface area contributed by atoms with E-state index in [4.69, 9.17) is 5.73 Å². The van der Waals surface area contributed by atoms with Crippen LogP contribution in [0.25, 0.3) is 9.40 Å². The van der Waals surface area contributed by atoms with Gasteiger partial charge >= 0.3 is 0 Å². The van der Waals surface area contributed by atoms with Crippen molar-refractivity contribution in [2.45, 2.75) is 12.5 Å². The van der Waals surface area contributed by atoms with Crippen molar-refractivity contribution in [3.8, 4) is 0 Å². The van der Waals surface area contributed by atoms with E-state index in [0.29, 0.717) is 32.6 Å². The van der Waals surface area contributed by atoms with Gasteiger partial charge in [0.25, 0.3) is 5.91 Å². The normalized spacial score (nSPS) is 15.9. The van der Waals surface area contributed by atoms with Crippen LogP contribution >= 0.6 is 22.7 Å². The van der Waals surface area contributed by atoms with Crippen LogP contribution in [0.5, 0.6) is 0 Å². The van der Waals surface area contributed by atoms with E-state index in [1.165, 1.54) is 11.3 Å². The molecule has 0 radical (unpaired) electrons. The first-order valence-electron chi connectivity index (χ1n) is 8.96. The van der Waals surface area contributed by atoms with Crippen LogP contribution < -0.4 is 5.73 Å². The van der Waals surface area contributed by atoms with E-state index in [1.807, 2.05) is 52.7 Å². The molecular weight excluding hydrogens is 378 g/mol. The predicted octanol–water partition coefficient (Wildman–Crippen LogP) is 2.82. The number of amides is 2. The van der Waals surface area contributed by atoms with Gasteiger partial charge in [-0.3, -0.25) is 9.59 Å². The second-order valence-corrected chi connectivity index (χ2v) is 8.70. The molecule has 4 rings (SSSR count). The number of carbonyl (C=O) groups excluding carboxylic acids is 2. The van der Waals surface area contributed by atoms with E-state index in [1.54, 1.807) is 16.2 Å². The molecule has 1 fully saturated rings. The van der Waals surface area contributed by atoms with Crippen molar-refractivity contribution < 1.29 is 9.59 Å². The first kappa shape index (κ1) is 18.2. The monoisotopic (exact) mass is 399 g/mol. The minimum atomic E-state index is -0.543. The van der Waals surface area contributed by atoms with Crippen LogP contribution in [0.3, 0.4) is 0 Å². The molecule has 2 aromatic heterocycles. The third-order valence-electron chi connectivity index (χ3n) is 4.84. The van der Waals surface area contributed by atoms with E-state index >= 15 is 0 Å². The highest BCUT2D eigenvalue weighted by Gasteiger charge is 2.28. The highest BCUT2D eigenvalue weighted by Crippen LogP contribution is 2.30. The lowest BCUT2D eigenvalue weighted by Crippen LogP contribution is -2.54. The van der Waals surface area contributed by atoms with Gasteiger partial charge in [-0.25, -0.2) is 0 Å². The Morgan fingerprint density at radius 3 is 2.41 bits per heavy atom. The minimum absolute atomic E-state index is 0.0393.